The Morgan fingerprint density at radius 3 is 2.35 bits per heavy atom. The van der Waals surface area contributed by atoms with Crippen molar-refractivity contribution in [2.75, 3.05) is 7.11 Å². The Morgan fingerprint density at radius 2 is 1.83 bits per heavy atom. The molecule has 0 bridgehead atoms. The number of ketones is 1. The average molecular weight is 331 g/mol. The van der Waals surface area contributed by atoms with Crippen LogP contribution in [0.25, 0.3) is 0 Å². The lowest BCUT2D eigenvalue weighted by molar-refractivity contribution is -0.143. The van der Waals surface area contributed by atoms with Crippen molar-refractivity contribution < 1.29 is 32.3 Å². The van der Waals surface area contributed by atoms with Gasteiger partial charge >= 0.3 is 12.1 Å². The number of rotatable bonds is 6. The Labute approximate surface area is 130 Å². The second kappa shape index (κ2) is 7.75. The minimum Gasteiger partial charge on any atom is -0.467 e. The van der Waals surface area contributed by atoms with Gasteiger partial charge in [-0.1, -0.05) is 12.1 Å². The molecule has 0 fully saturated rings. The van der Waals surface area contributed by atoms with Gasteiger partial charge in [-0.15, -0.1) is 0 Å². The van der Waals surface area contributed by atoms with Crippen molar-refractivity contribution in [1.29, 1.82) is 0 Å². The van der Waals surface area contributed by atoms with Gasteiger partial charge in [0.25, 0.3) is 5.91 Å². The molecule has 1 amide bonds. The number of benzene rings is 1. The molecular formula is C15H16F3NO4. The van der Waals surface area contributed by atoms with E-state index in [1.54, 1.807) is 0 Å². The number of hydrogen-bond donors (Lipinski definition) is 1. The fourth-order valence-corrected chi connectivity index (χ4v) is 1.90. The first kappa shape index (κ1) is 18.7. The number of methoxy groups -OCH3 is 1. The molecule has 0 aliphatic heterocycles. The number of esters is 1. The molecule has 1 atom stereocenters. The second-order valence-corrected chi connectivity index (χ2v) is 4.83. The molecule has 0 heterocycles. The van der Waals surface area contributed by atoms with E-state index in [-0.39, 0.29) is 18.6 Å². The molecule has 8 heteroatoms. The predicted octanol–water partition coefficient (Wildman–Crippen LogP) is 2.35. The van der Waals surface area contributed by atoms with E-state index < -0.39 is 35.2 Å². The number of carbonyl (C=O) groups excluding carboxylic acids is 3. The van der Waals surface area contributed by atoms with Crippen molar-refractivity contribution in [2.24, 2.45) is 0 Å². The third kappa shape index (κ3) is 5.39. The zero-order valence-electron chi connectivity index (χ0n) is 12.6. The van der Waals surface area contributed by atoms with Crippen LogP contribution in [-0.2, 0) is 20.5 Å². The summed E-state index contributed by atoms with van der Waals surface area (Å²) in [5.74, 6) is -2.11. The minimum absolute atomic E-state index is 0.0129. The van der Waals surface area contributed by atoms with E-state index in [1.807, 2.05) is 0 Å². The Bertz CT molecular complexity index is 599. The Balaban J connectivity index is 2.99. The molecular weight excluding hydrogens is 315 g/mol. The first-order valence-electron chi connectivity index (χ1n) is 6.71. The van der Waals surface area contributed by atoms with Crippen LogP contribution in [0.5, 0.6) is 0 Å². The topological polar surface area (TPSA) is 72.5 Å². The fraction of sp³-hybridized carbons (Fsp3) is 0.400. The van der Waals surface area contributed by atoms with Gasteiger partial charge < -0.3 is 14.8 Å². The summed E-state index contributed by atoms with van der Waals surface area (Å²) in [6.45, 7) is 1.30. The van der Waals surface area contributed by atoms with E-state index in [0.717, 1.165) is 25.3 Å². The SMILES string of the molecule is COC(=O)[C@@H](CCC(C)=O)NC(=O)c1ccccc1C(F)(F)F. The van der Waals surface area contributed by atoms with Gasteiger partial charge in [0, 0.05) is 6.42 Å². The van der Waals surface area contributed by atoms with E-state index >= 15 is 0 Å². The Morgan fingerprint density at radius 1 is 1.22 bits per heavy atom. The molecule has 23 heavy (non-hydrogen) atoms. The first-order valence-corrected chi connectivity index (χ1v) is 6.71. The summed E-state index contributed by atoms with van der Waals surface area (Å²) in [6.07, 6.45) is -4.77. The maximum Gasteiger partial charge on any atom is 0.417 e. The second-order valence-electron chi connectivity index (χ2n) is 4.83. The highest BCUT2D eigenvalue weighted by Crippen LogP contribution is 2.31. The zero-order valence-corrected chi connectivity index (χ0v) is 12.6. The van der Waals surface area contributed by atoms with Crippen molar-refractivity contribution in [1.82, 2.24) is 5.32 Å². The molecule has 0 spiro atoms. The number of carbonyl (C=O) groups is 3. The van der Waals surface area contributed by atoms with Gasteiger partial charge in [-0.05, 0) is 25.5 Å². The van der Waals surface area contributed by atoms with E-state index in [9.17, 15) is 27.6 Å². The van der Waals surface area contributed by atoms with Crippen LogP contribution in [0.4, 0.5) is 13.2 Å². The van der Waals surface area contributed by atoms with Crippen LogP contribution < -0.4 is 5.32 Å². The molecule has 0 saturated carbocycles. The third-order valence-electron chi connectivity index (χ3n) is 3.05. The van der Waals surface area contributed by atoms with Crippen LogP contribution >= 0.6 is 0 Å². The molecule has 5 nitrogen and oxygen atoms in total. The fourth-order valence-electron chi connectivity index (χ4n) is 1.90. The van der Waals surface area contributed by atoms with Gasteiger partial charge in [0.2, 0.25) is 0 Å². The minimum atomic E-state index is -4.70. The first-order chi connectivity index (χ1) is 10.7. The molecule has 126 valence electrons. The number of nitrogens with one attached hydrogen (secondary N) is 1. The van der Waals surface area contributed by atoms with E-state index in [1.165, 1.54) is 13.0 Å². The van der Waals surface area contributed by atoms with Crippen molar-refractivity contribution in [3.8, 4) is 0 Å². The summed E-state index contributed by atoms with van der Waals surface area (Å²) < 4.78 is 43.2. The van der Waals surface area contributed by atoms with Gasteiger partial charge in [0.15, 0.2) is 0 Å². The highest BCUT2D eigenvalue weighted by molar-refractivity contribution is 5.98. The largest absolute Gasteiger partial charge is 0.467 e. The maximum absolute atomic E-state index is 12.9. The lowest BCUT2D eigenvalue weighted by Gasteiger charge is -2.18. The third-order valence-corrected chi connectivity index (χ3v) is 3.05. The van der Waals surface area contributed by atoms with E-state index in [2.05, 4.69) is 10.1 Å². The quantitative estimate of drug-likeness (QED) is 0.812. The van der Waals surface area contributed by atoms with Crippen molar-refractivity contribution in [3.05, 3.63) is 35.4 Å². The molecule has 0 aliphatic rings. The highest BCUT2D eigenvalue weighted by atomic mass is 19.4. The number of halogens is 3. The van der Waals surface area contributed by atoms with Crippen LogP contribution in [0.15, 0.2) is 24.3 Å². The van der Waals surface area contributed by atoms with Gasteiger partial charge in [0.1, 0.15) is 11.8 Å². The molecule has 1 N–H and O–H groups in total. The van der Waals surface area contributed by atoms with Gasteiger partial charge in [-0.25, -0.2) is 4.79 Å². The highest BCUT2D eigenvalue weighted by Gasteiger charge is 2.35. The summed E-state index contributed by atoms with van der Waals surface area (Å²) in [7, 11) is 1.08. The average Bonchev–Trinajstić information content (AvgIpc) is 2.49. The number of alkyl halides is 3. The lowest BCUT2D eigenvalue weighted by Crippen LogP contribution is -2.42. The molecule has 1 rings (SSSR count). The predicted molar refractivity (Wildman–Crippen MR) is 74.6 cm³/mol. The van der Waals surface area contributed by atoms with Crippen LogP contribution in [0.2, 0.25) is 0 Å². The Kier molecular flexibility index (Phi) is 6.29. The molecule has 0 saturated heterocycles. The summed E-state index contributed by atoms with van der Waals surface area (Å²) in [5, 5.41) is 2.19. The molecule has 0 aliphatic carbocycles. The number of ether oxygens (including phenoxy) is 1. The van der Waals surface area contributed by atoms with Crippen LogP contribution in [0.3, 0.4) is 0 Å². The molecule has 0 unspecified atom stereocenters. The summed E-state index contributed by atoms with van der Waals surface area (Å²) in [5.41, 5.74) is -1.70. The van der Waals surface area contributed by atoms with Crippen LogP contribution in [-0.4, -0.2) is 30.8 Å². The number of Topliss-reactive ketones (excluding diaryl/α,β-unsaturated/α-hetero) is 1. The standard InChI is InChI=1S/C15H16F3NO4/c1-9(20)7-8-12(14(22)23-2)19-13(21)10-5-3-4-6-11(10)15(16,17)18/h3-6,12H,7-8H2,1-2H3,(H,19,21)/t12-/m1/s1. The van der Waals surface area contributed by atoms with Crippen molar-refractivity contribution >= 4 is 17.7 Å². The summed E-state index contributed by atoms with van der Waals surface area (Å²) in [4.78, 5) is 34.7. The molecule has 1 aromatic rings. The summed E-state index contributed by atoms with van der Waals surface area (Å²) >= 11 is 0. The maximum atomic E-state index is 12.9. The summed E-state index contributed by atoms with van der Waals surface area (Å²) in [6, 6.07) is 3.03. The molecule has 1 aromatic carbocycles. The van der Waals surface area contributed by atoms with Gasteiger partial charge in [0.05, 0.1) is 18.2 Å². The molecule has 0 radical (unpaired) electrons. The van der Waals surface area contributed by atoms with E-state index in [0.29, 0.717) is 0 Å². The zero-order chi connectivity index (χ0) is 17.6. The van der Waals surface area contributed by atoms with Gasteiger partial charge in [-0.2, -0.15) is 13.2 Å². The van der Waals surface area contributed by atoms with Crippen LogP contribution in [0, 0.1) is 0 Å². The monoisotopic (exact) mass is 331 g/mol. The normalized spacial score (nSPS) is 12.4. The van der Waals surface area contributed by atoms with E-state index in [4.69, 9.17) is 0 Å². The van der Waals surface area contributed by atoms with Crippen molar-refractivity contribution in [2.45, 2.75) is 32.0 Å². The lowest BCUT2D eigenvalue weighted by atomic mass is 10.0. The van der Waals surface area contributed by atoms with Gasteiger partial charge in [-0.3, -0.25) is 4.79 Å². The van der Waals surface area contributed by atoms with Crippen LogP contribution in [0.1, 0.15) is 35.7 Å². The molecule has 0 aromatic heterocycles. The number of amides is 1. The number of hydrogen-bond acceptors (Lipinski definition) is 4. The smallest absolute Gasteiger partial charge is 0.417 e. The van der Waals surface area contributed by atoms with Crippen molar-refractivity contribution in [3.63, 3.8) is 0 Å². The Hall–Kier alpha value is -2.38.